The molecule has 1 unspecified atom stereocenters. The molecular weight excluding hydrogens is 362 g/mol. The molecule has 0 saturated carbocycles. The van der Waals surface area contributed by atoms with Gasteiger partial charge in [0.15, 0.2) is 0 Å². The zero-order chi connectivity index (χ0) is 17.0. The predicted octanol–water partition coefficient (Wildman–Crippen LogP) is 6.80. The molecule has 0 radical (unpaired) electrons. The van der Waals surface area contributed by atoms with Crippen molar-refractivity contribution in [2.75, 3.05) is 13.1 Å². The highest BCUT2D eigenvalue weighted by Crippen LogP contribution is 2.13. The van der Waals surface area contributed by atoms with E-state index in [4.69, 9.17) is 5.11 Å². The van der Waals surface area contributed by atoms with Gasteiger partial charge in [-0.05, 0) is 19.9 Å². The van der Waals surface area contributed by atoms with E-state index >= 15 is 0 Å². The fourth-order valence-electron chi connectivity index (χ4n) is 3.11. The number of nitrogens with one attached hydrogen (secondary N) is 1. The highest BCUT2D eigenvalue weighted by atomic mass is 79.9. The summed E-state index contributed by atoms with van der Waals surface area (Å²) in [7, 11) is 0. The summed E-state index contributed by atoms with van der Waals surface area (Å²) in [6.45, 7) is 5.92. The SMILES string of the molecule is Br.CCCCCCCCCCCCCCCCCCNCC(C)O. The summed E-state index contributed by atoms with van der Waals surface area (Å²) < 4.78 is 0. The molecule has 24 heavy (non-hydrogen) atoms. The molecule has 2 N–H and O–H groups in total. The average Bonchev–Trinajstić information content (AvgIpc) is 2.53. The lowest BCUT2D eigenvalue weighted by atomic mass is 10.0. The van der Waals surface area contributed by atoms with Crippen LogP contribution in [0.3, 0.4) is 0 Å². The van der Waals surface area contributed by atoms with Gasteiger partial charge in [0.1, 0.15) is 0 Å². The third-order valence-electron chi connectivity index (χ3n) is 4.65. The highest BCUT2D eigenvalue weighted by molar-refractivity contribution is 8.93. The first kappa shape index (κ1) is 26.6. The minimum absolute atomic E-state index is 0. The second-order valence-electron chi connectivity index (χ2n) is 7.36. The zero-order valence-corrected chi connectivity index (χ0v) is 18.4. The molecule has 0 bridgehead atoms. The molecule has 0 saturated heterocycles. The van der Waals surface area contributed by atoms with Gasteiger partial charge in [0.25, 0.3) is 0 Å². The molecule has 2 nitrogen and oxygen atoms in total. The first-order valence-electron chi connectivity index (χ1n) is 10.7. The molecule has 0 aromatic rings. The van der Waals surface area contributed by atoms with E-state index in [0.717, 1.165) is 13.1 Å². The Balaban J connectivity index is 0. The van der Waals surface area contributed by atoms with E-state index in [1.54, 1.807) is 0 Å². The number of hydrogen-bond donors (Lipinski definition) is 2. The van der Waals surface area contributed by atoms with Gasteiger partial charge in [0.05, 0.1) is 6.10 Å². The number of aliphatic hydroxyl groups excluding tert-OH is 1. The maximum absolute atomic E-state index is 9.12. The lowest BCUT2D eigenvalue weighted by Crippen LogP contribution is -2.25. The molecule has 0 spiro atoms. The lowest BCUT2D eigenvalue weighted by Gasteiger charge is -2.06. The van der Waals surface area contributed by atoms with Crippen LogP contribution in [0.1, 0.15) is 117 Å². The van der Waals surface area contributed by atoms with Crippen LogP contribution in [0.4, 0.5) is 0 Å². The summed E-state index contributed by atoms with van der Waals surface area (Å²) in [5.74, 6) is 0. The summed E-state index contributed by atoms with van der Waals surface area (Å²) in [5, 5.41) is 12.4. The van der Waals surface area contributed by atoms with Crippen LogP contribution >= 0.6 is 17.0 Å². The van der Waals surface area contributed by atoms with Gasteiger partial charge in [-0.3, -0.25) is 0 Å². The Morgan fingerprint density at radius 3 is 1.29 bits per heavy atom. The van der Waals surface area contributed by atoms with Gasteiger partial charge in [-0.2, -0.15) is 0 Å². The van der Waals surface area contributed by atoms with Crippen LogP contribution in [0, 0.1) is 0 Å². The van der Waals surface area contributed by atoms with Crippen LogP contribution < -0.4 is 5.32 Å². The van der Waals surface area contributed by atoms with Crippen molar-refractivity contribution in [3.05, 3.63) is 0 Å². The Kier molecular flexibility index (Phi) is 26.0. The maximum Gasteiger partial charge on any atom is 0.0636 e. The van der Waals surface area contributed by atoms with E-state index < -0.39 is 0 Å². The number of aliphatic hydroxyl groups is 1. The molecule has 0 aliphatic heterocycles. The van der Waals surface area contributed by atoms with E-state index in [9.17, 15) is 0 Å². The highest BCUT2D eigenvalue weighted by Gasteiger charge is 1.96. The topological polar surface area (TPSA) is 32.3 Å². The maximum atomic E-state index is 9.12. The van der Waals surface area contributed by atoms with Crippen molar-refractivity contribution in [1.82, 2.24) is 5.32 Å². The van der Waals surface area contributed by atoms with Crippen molar-refractivity contribution in [2.45, 2.75) is 123 Å². The van der Waals surface area contributed by atoms with Crippen LogP contribution in [0.2, 0.25) is 0 Å². The van der Waals surface area contributed by atoms with Crippen LogP contribution in [0.25, 0.3) is 0 Å². The number of unbranched alkanes of at least 4 members (excludes halogenated alkanes) is 15. The lowest BCUT2D eigenvalue weighted by molar-refractivity contribution is 0.191. The van der Waals surface area contributed by atoms with Crippen molar-refractivity contribution in [3.63, 3.8) is 0 Å². The third kappa shape index (κ3) is 24.6. The van der Waals surface area contributed by atoms with Gasteiger partial charge in [-0.1, -0.05) is 103 Å². The van der Waals surface area contributed by atoms with Gasteiger partial charge in [-0.25, -0.2) is 0 Å². The molecule has 1 atom stereocenters. The molecule has 0 aliphatic rings. The second-order valence-corrected chi connectivity index (χ2v) is 7.36. The first-order chi connectivity index (χ1) is 11.3. The van der Waals surface area contributed by atoms with Crippen molar-refractivity contribution < 1.29 is 5.11 Å². The van der Waals surface area contributed by atoms with E-state index in [1.807, 2.05) is 6.92 Å². The molecule has 0 heterocycles. The minimum atomic E-state index is -0.212. The summed E-state index contributed by atoms with van der Waals surface area (Å²) in [6.07, 6.45) is 22.5. The van der Waals surface area contributed by atoms with E-state index in [-0.39, 0.29) is 23.1 Å². The predicted molar refractivity (Wildman–Crippen MR) is 114 cm³/mol. The number of halogens is 1. The van der Waals surface area contributed by atoms with Crippen molar-refractivity contribution in [1.29, 1.82) is 0 Å². The van der Waals surface area contributed by atoms with Crippen molar-refractivity contribution >= 4 is 17.0 Å². The van der Waals surface area contributed by atoms with Gasteiger partial charge < -0.3 is 10.4 Å². The Hall–Kier alpha value is 0.400. The van der Waals surface area contributed by atoms with Gasteiger partial charge in [0.2, 0.25) is 0 Å². The summed E-state index contributed by atoms with van der Waals surface area (Å²) in [6, 6.07) is 0. The quantitative estimate of drug-likeness (QED) is 0.231. The summed E-state index contributed by atoms with van der Waals surface area (Å²) in [5.41, 5.74) is 0. The van der Waals surface area contributed by atoms with Crippen LogP contribution in [-0.2, 0) is 0 Å². The molecule has 0 rings (SSSR count). The van der Waals surface area contributed by atoms with Crippen LogP contribution in [0.15, 0.2) is 0 Å². The van der Waals surface area contributed by atoms with Crippen molar-refractivity contribution in [2.24, 2.45) is 0 Å². The molecule has 0 aliphatic carbocycles. The van der Waals surface area contributed by atoms with Gasteiger partial charge >= 0.3 is 0 Å². The smallest absolute Gasteiger partial charge is 0.0636 e. The summed E-state index contributed by atoms with van der Waals surface area (Å²) >= 11 is 0. The van der Waals surface area contributed by atoms with Gasteiger partial charge in [-0.15, -0.1) is 17.0 Å². The molecule has 0 amide bonds. The Bertz CT molecular complexity index is 212. The van der Waals surface area contributed by atoms with E-state index in [2.05, 4.69) is 12.2 Å². The largest absolute Gasteiger partial charge is 0.392 e. The van der Waals surface area contributed by atoms with Crippen LogP contribution in [-0.4, -0.2) is 24.3 Å². The Labute approximate surface area is 163 Å². The molecule has 3 heteroatoms. The molecule has 0 fully saturated rings. The van der Waals surface area contributed by atoms with E-state index in [0.29, 0.717) is 0 Å². The van der Waals surface area contributed by atoms with Crippen molar-refractivity contribution in [3.8, 4) is 0 Å². The average molecular weight is 409 g/mol. The summed E-state index contributed by atoms with van der Waals surface area (Å²) in [4.78, 5) is 0. The van der Waals surface area contributed by atoms with Gasteiger partial charge in [0, 0.05) is 6.54 Å². The fraction of sp³-hybridized carbons (Fsp3) is 1.00. The monoisotopic (exact) mass is 407 g/mol. The van der Waals surface area contributed by atoms with Crippen LogP contribution in [0.5, 0.6) is 0 Å². The first-order valence-corrected chi connectivity index (χ1v) is 10.7. The number of hydrogen-bond acceptors (Lipinski definition) is 2. The second kappa shape index (κ2) is 23.4. The fourth-order valence-corrected chi connectivity index (χ4v) is 3.11. The minimum Gasteiger partial charge on any atom is -0.392 e. The molecule has 0 aromatic carbocycles. The third-order valence-corrected chi connectivity index (χ3v) is 4.65. The molecule has 148 valence electrons. The Morgan fingerprint density at radius 1 is 0.625 bits per heavy atom. The zero-order valence-electron chi connectivity index (χ0n) is 16.7. The molecular formula is C21H46BrNO. The standard InChI is InChI=1S/C21H45NO.BrH/c1-3-4-5-6-7-8-9-10-11-12-13-14-15-16-17-18-19-22-20-21(2)23;/h21-23H,3-20H2,1-2H3;1H. The Morgan fingerprint density at radius 2 is 0.958 bits per heavy atom. The van der Waals surface area contributed by atoms with E-state index in [1.165, 1.54) is 103 Å². The molecule has 0 aromatic heterocycles. The number of rotatable bonds is 19. The normalized spacial score (nSPS) is 12.1.